The summed E-state index contributed by atoms with van der Waals surface area (Å²) in [6.45, 7) is 3.74. The summed E-state index contributed by atoms with van der Waals surface area (Å²) >= 11 is 2.57. The van der Waals surface area contributed by atoms with Crippen molar-refractivity contribution in [2.75, 3.05) is 5.32 Å². The highest BCUT2D eigenvalue weighted by molar-refractivity contribution is 7.13. The van der Waals surface area contributed by atoms with Crippen molar-refractivity contribution in [2.45, 2.75) is 19.9 Å². The fourth-order valence-electron chi connectivity index (χ4n) is 1.54. The maximum atomic E-state index is 12.2. The lowest BCUT2D eigenvalue weighted by molar-refractivity contribution is -0.118. The van der Waals surface area contributed by atoms with Crippen LogP contribution in [0.25, 0.3) is 0 Å². The summed E-state index contributed by atoms with van der Waals surface area (Å²) in [5.41, 5.74) is 0. The summed E-state index contributed by atoms with van der Waals surface area (Å²) in [6, 6.07) is -0.629. The van der Waals surface area contributed by atoms with E-state index in [4.69, 9.17) is 0 Å². The minimum Gasteiger partial charge on any atom is -0.338 e. The Balaban J connectivity index is 2.03. The molecule has 106 valence electrons. The molecule has 0 bridgehead atoms. The third kappa shape index (κ3) is 3.61. The quantitative estimate of drug-likeness (QED) is 0.884. The molecule has 0 fully saturated rings. The van der Waals surface area contributed by atoms with Crippen molar-refractivity contribution < 1.29 is 9.59 Å². The number of anilines is 1. The number of amides is 2. The lowest BCUT2D eigenvalue weighted by Crippen LogP contribution is -2.47. The molecule has 0 spiro atoms. The lowest BCUT2D eigenvalue weighted by atomic mass is 10.0. The van der Waals surface area contributed by atoms with Gasteiger partial charge >= 0.3 is 0 Å². The normalized spacial score (nSPS) is 12.2. The molecule has 0 aliphatic heterocycles. The van der Waals surface area contributed by atoms with Gasteiger partial charge in [0.25, 0.3) is 5.91 Å². The molecule has 0 aliphatic rings. The van der Waals surface area contributed by atoms with E-state index in [2.05, 4.69) is 20.6 Å². The molecule has 0 aliphatic carbocycles. The van der Waals surface area contributed by atoms with Crippen molar-refractivity contribution in [3.63, 3.8) is 0 Å². The van der Waals surface area contributed by atoms with Gasteiger partial charge in [0.1, 0.15) is 6.04 Å². The molecule has 8 heteroatoms. The Hall–Kier alpha value is -1.80. The Morgan fingerprint density at radius 2 is 1.85 bits per heavy atom. The minimum atomic E-state index is -0.629. The number of aromatic nitrogens is 2. The Bertz CT molecular complexity index is 566. The molecule has 1 atom stereocenters. The SMILES string of the molecule is CC(C)[C@H](NC(=O)c1nccs1)C(=O)Nc1nccs1. The summed E-state index contributed by atoms with van der Waals surface area (Å²) < 4.78 is 0. The second-order valence-electron chi connectivity index (χ2n) is 4.36. The van der Waals surface area contributed by atoms with Crippen molar-refractivity contribution >= 4 is 39.6 Å². The Kier molecular flexibility index (Phi) is 4.80. The van der Waals surface area contributed by atoms with Gasteiger partial charge in [0.15, 0.2) is 10.1 Å². The van der Waals surface area contributed by atoms with Gasteiger partial charge in [-0.1, -0.05) is 13.8 Å². The second-order valence-corrected chi connectivity index (χ2v) is 6.15. The monoisotopic (exact) mass is 310 g/mol. The molecule has 0 saturated heterocycles. The number of hydrogen-bond acceptors (Lipinski definition) is 6. The number of rotatable bonds is 5. The van der Waals surface area contributed by atoms with E-state index in [9.17, 15) is 9.59 Å². The van der Waals surface area contributed by atoms with E-state index in [0.29, 0.717) is 10.1 Å². The predicted octanol–water partition coefficient (Wildman–Crippen LogP) is 1.99. The van der Waals surface area contributed by atoms with Gasteiger partial charge in [-0.25, -0.2) is 9.97 Å². The molecule has 2 heterocycles. The first kappa shape index (κ1) is 14.6. The molecule has 2 aromatic heterocycles. The van der Waals surface area contributed by atoms with Gasteiger partial charge in [0.05, 0.1) is 0 Å². The van der Waals surface area contributed by atoms with Crippen molar-refractivity contribution in [3.05, 3.63) is 28.2 Å². The number of nitrogens with zero attached hydrogens (tertiary/aromatic N) is 2. The average molecular weight is 310 g/mol. The van der Waals surface area contributed by atoms with Crippen LogP contribution in [0.4, 0.5) is 5.13 Å². The zero-order valence-corrected chi connectivity index (χ0v) is 12.6. The molecular formula is C12H14N4O2S2. The topological polar surface area (TPSA) is 84.0 Å². The van der Waals surface area contributed by atoms with Gasteiger partial charge in [-0.15, -0.1) is 22.7 Å². The number of hydrogen-bond donors (Lipinski definition) is 2. The molecule has 2 aromatic rings. The largest absolute Gasteiger partial charge is 0.338 e. The van der Waals surface area contributed by atoms with Crippen LogP contribution >= 0.6 is 22.7 Å². The van der Waals surface area contributed by atoms with Crippen molar-refractivity contribution in [1.29, 1.82) is 0 Å². The van der Waals surface area contributed by atoms with Gasteiger partial charge in [-0.2, -0.15) is 0 Å². The Labute approximate surface area is 124 Å². The molecule has 0 unspecified atom stereocenters. The molecule has 2 N–H and O–H groups in total. The smallest absolute Gasteiger partial charge is 0.280 e. The predicted molar refractivity (Wildman–Crippen MR) is 78.9 cm³/mol. The first-order valence-electron chi connectivity index (χ1n) is 5.98. The minimum absolute atomic E-state index is 0.0427. The fraction of sp³-hybridized carbons (Fsp3) is 0.333. The highest BCUT2D eigenvalue weighted by atomic mass is 32.1. The van der Waals surface area contributed by atoms with E-state index in [1.165, 1.54) is 22.7 Å². The van der Waals surface area contributed by atoms with Crippen LogP contribution in [0.15, 0.2) is 23.2 Å². The maximum absolute atomic E-state index is 12.2. The van der Waals surface area contributed by atoms with Gasteiger partial charge in [-0.3, -0.25) is 9.59 Å². The number of carbonyl (C=O) groups is 2. The molecule has 0 aromatic carbocycles. The van der Waals surface area contributed by atoms with Gasteiger partial charge < -0.3 is 10.6 Å². The standard InChI is InChI=1S/C12H14N4O2S2/c1-7(2)8(9(17)16-12-14-4-6-20-12)15-10(18)11-13-3-5-19-11/h3-8H,1-2H3,(H,15,18)(H,14,16,17)/t8-/m0/s1. The van der Waals surface area contributed by atoms with E-state index in [1.807, 2.05) is 13.8 Å². The molecule has 2 amide bonds. The molecule has 6 nitrogen and oxygen atoms in total. The van der Waals surface area contributed by atoms with Crippen LogP contribution in [0, 0.1) is 5.92 Å². The van der Waals surface area contributed by atoms with Crippen LogP contribution in [-0.2, 0) is 4.79 Å². The number of thiazole rings is 2. The van der Waals surface area contributed by atoms with Crippen LogP contribution in [0.3, 0.4) is 0 Å². The fourth-order valence-corrected chi connectivity index (χ4v) is 2.61. The molecule has 0 radical (unpaired) electrons. The van der Waals surface area contributed by atoms with E-state index in [1.54, 1.807) is 23.2 Å². The zero-order valence-electron chi connectivity index (χ0n) is 11.0. The van der Waals surface area contributed by atoms with Crippen molar-refractivity contribution in [2.24, 2.45) is 5.92 Å². The van der Waals surface area contributed by atoms with Gasteiger partial charge in [0, 0.05) is 23.2 Å². The maximum Gasteiger partial charge on any atom is 0.280 e. The number of nitrogens with one attached hydrogen (secondary N) is 2. The first-order chi connectivity index (χ1) is 9.58. The Morgan fingerprint density at radius 3 is 2.40 bits per heavy atom. The van der Waals surface area contributed by atoms with Gasteiger partial charge in [0.2, 0.25) is 5.91 Å². The van der Waals surface area contributed by atoms with Crippen LogP contribution in [0.2, 0.25) is 0 Å². The number of carbonyl (C=O) groups excluding carboxylic acids is 2. The molecule has 20 heavy (non-hydrogen) atoms. The second kappa shape index (κ2) is 6.58. The van der Waals surface area contributed by atoms with E-state index >= 15 is 0 Å². The molecule has 2 rings (SSSR count). The third-order valence-electron chi connectivity index (χ3n) is 2.52. The van der Waals surface area contributed by atoms with E-state index in [0.717, 1.165) is 0 Å². The zero-order chi connectivity index (χ0) is 14.5. The highest BCUT2D eigenvalue weighted by Gasteiger charge is 2.25. The van der Waals surface area contributed by atoms with Crippen LogP contribution in [0.5, 0.6) is 0 Å². The summed E-state index contributed by atoms with van der Waals surface area (Å²) in [4.78, 5) is 32.1. The third-order valence-corrected chi connectivity index (χ3v) is 3.99. The summed E-state index contributed by atoms with van der Waals surface area (Å²) in [5.74, 6) is -0.660. The van der Waals surface area contributed by atoms with Gasteiger partial charge in [-0.05, 0) is 5.92 Å². The van der Waals surface area contributed by atoms with Crippen molar-refractivity contribution in [3.8, 4) is 0 Å². The van der Waals surface area contributed by atoms with Crippen LogP contribution in [0.1, 0.15) is 23.6 Å². The summed E-state index contributed by atoms with van der Waals surface area (Å²) in [5, 5.41) is 9.75. The Morgan fingerprint density at radius 1 is 1.15 bits per heavy atom. The lowest BCUT2D eigenvalue weighted by Gasteiger charge is -2.20. The van der Waals surface area contributed by atoms with Crippen molar-refractivity contribution in [1.82, 2.24) is 15.3 Å². The summed E-state index contributed by atoms with van der Waals surface area (Å²) in [7, 11) is 0. The van der Waals surface area contributed by atoms with Crippen LogP contribution in [-0.4, -0.2) is 27.8 Å². The van der Waals surface area contributed by atoms with Crippen LogP contribution < -0.4 is 10.6 Å². The highest BCUT2D eigenvalue weighted by Crippen LogP contribution is 2.13. The molecular weight excluding hydrogens is 296 g/mol. The molecule has 0 saturated carbocycles. The summed E-state index contributed by atoms with van der Waals surface area (Å²) in [6.07, 6.45) is 3.17. The average Bonchev–Trinajstić information content (AvgIpc) is 3.07. The van der Waals surface area contributed by atoms with E-state index < -0.39 is 6.04 Å². The van der Waals surface area contributed by atoms with E-state index in [-0.39, 0.29) is 17.7 Å². The first-order valence-corrected chi connectivity index (χ1v) is 7.74.